The molecule has 18 heavy (non-hydrogen) atoms. The first-order valence-corrected chi connectivity index (χ1v) is 5.38. The normalized spacial score (nSPS) is 11.6. The van der Waals surface area contributed by atoms with Gasteiger partial charge in [0.15, 0.2) is 0 Å². The van der Waals surface area contributed by atoms with Crippen LogP contribution in [0.1, 0.15) is 5.56 Å². The number of rotatable bonds is 1. The van der Waals surface area contributed by atoms with Crippen LogP contribution in [-0.2, 0) is 6.18 Å². The molecule has 2 aromatic rings. The summed E-state index contributed by atoms with van der Waals surface area (Å²) in [5.74, 6) is -1.28. The number of hydrogen-bond acceptors (Lipinski definition) is 0. The standard InChI is InChI=1S/C13H7ClF4/c14-10-4-1-8(2-5-10)9-3-6-12(15)11(7-9)13(16,17)18/h1-7H. The highest BCUT2D eigenvalue weighted by atomic mass is 35.5. The number of alkyl halides is 3. The minimum atomic E-state index is -4.70. The van der Waals surface area contributed by atoms with Gasteiger partial charge in [-0.25, -0.2) is 4.39 Å². The van der Waals surface area contributed by atoms with Crippen LogP contribution >= 0.6 is 11.6 Å². The Morgan fingerprint density at radius 1 is 0.833 bits per heavy atom. The van der Waals surface area contributed by atoms with Crippen molar-refractivity contribution < 1.29 is 17.6 Å². The second-order valence-corrected chi connectivity index (χ2v) is 4.14. The maximum absolute atomic E-state index is 13.1. The molecule has 0 saturated carbocycles. The van der Waals surface area contributed by atoms with Gasteiger partial charge in [-0.05, 0) is 35.4 Å². The quantitative estimate of drug-likeness (QED) is 0.630. The van der Waals surface area contributed by atoms with Crippen LogP contribution in [0, 0.1) is 5.82 Å². The maximum atomic E-state index is 13.1. The van der Waals surface area contributed by atoms with E-state index < -0.39 is 17.6 Å². The van der Waals surface area contributed by atoms with Crippen LogP contribution in [0.4, 0.5) is 17.6 Å². The van der Waals surface area contributed by atoms with Crippen LogP contribution in [-0.4, -0.2) is 0 Å². The van der Waals surface area contributed by atoms with Crippen molar-refractivity contribution in [3.8, 4) is 11.1 Å². The van der Waals surface area contributed by atoms with E-state index in [0.29, 0.717) is 16.1 Å². The Hall–Kier alpha value is -1.55. The molecule has 94 valence electrons. The third-order valence-corrected chi connectivity index (χ3v) is 2.70. The van der Waals surface area contributed by atoms with E-state index in [1.54, 1.807) is 24.3 Å². The second-order valence-electron chi connectivity index (χ2n) is 3.70. The summed E-state index contributed by atoms with van der Waals surface area (Å²) in [7, 11) is 0. The third kappa shape index (κ3) is 2.64. The lowest BCUT2D eigenvalue weighted by atomic mass is 10.0. The van der Waals surface area contributed by atoms with Gasteiger partial charge in [-0.2, -0.15) is 13.2 Å². The molecule has 0 spiro atoms. The van der Waals surface area contributed by atoms with Crippen LogP contribution < -0.4 is 0 Å². The molecule has 0 aliphatic rings. The Kier molecular flexibility index (Phi) is 3.30. The van der Waals surface area contributed by atoms with Gasteiger partial charge in [-0.1, -0.05) is 29.8 Å². The molecule has 2 rings (SSSR count). The number of halogens is 5. The first-order valence-electron chi connectivity index (χ1n) is 5.00. The molecular formula is C13H7ClF4. The first kappa shape index (κ1) is 12.9. The Morgan fingerprint density at radius 2 is 1.39 bits per heavy atom. The van der Waals surface area contributed by atoms with E-state index in [0.717, 1.165) is 12.1 Å². The highest BCUT2D eigenvalue weighted by Gasteiger charge is 2.34. The van der Waals surface area contributed by atoms with Crippen molar-refractivity contribution in [3.63, 3.8) is 0 Å². The topological polar surface area (TPSA) is 0 Å². The average molecular weight is 275 g/mol. The van der Waals surface area contributed by atoms with Crippen molar-refractivity contribution >= 4 is 11.6 Å². The minimum absolute atomic E-state index is 0.292. The van der Waals surface area contributed by atoms with E-state index in [4.69, 9.17) is 11.6 Å². The lowest BCUT2D eigenvalue weighted by Crippen LogP contribution is -2.08. The predicted molar refractivity (Wildman–Crippen MR) is 61.8 cm³/mol. The summed E-state index contributed by atoms with van der Waals surface area (Å²) in [6.07, 6.45) is -4.70. The first-order chi connectivity index (χ1) is 8.38. The average Bonchev–Trinajstić information content (AvgIpc) is 2.29. The van der Waals surface area contributed by atoms with Crippen LogP contribution in [0.3, 0.4) is 0 Å². The zero-order chi connectivity index (χ0) is 13.3. The summed E-state index contributed by atoms with van der Waals surface area (Å²) >= 11 is 5.69. The summed E-state index contributed by atoms with van der Waals surface area (Å²) in [5.41, 5.74) is -0.430. The van der Waals surface area contributed by atoms with E-state index >= 15 is 0 Å². The highest BCUT2D eigenvalue weighted by molar-refractivity contribution is 6.30. The van der Waals surface area contributed by atoms with Crippen molar-refractivity contribution in [2.45, 2.75) is 6.18 Å². The molecule has 0 aliphatic heterocycles. The molecule has 0 amide bonds. The molecule has 0 bridgehead atoms. The van der Waals surface area contributed by atoms with E-state index in [2.05, 4.69) is 0 Å². The summed E-state index contributed by atoms with van der Waals surface area (Å²) < 4.78 is 50.7. The highest BCUT2D eigenvalue weighted by Crippen LogP contribution is 2.34. The van der Waals surface area contributed by atoms with Crippen LogP contribution in [0.25, 0.3) is 11.1 Å². The Morgan fingerprint density at radius 3 is 1.94 bits per heavy atom. The van der Waals surface area contributed by atoms with E-state index in [1.807, 2.05) is 0 Å². The van der Waals surface area contributed by atoms with Gasteiger partial charge in [0, 0.05) is 5.02 Å². The Balaban J connectivity index is 2.50. The van der Waals surface area contributed by atoms with Crippen molar-refractivity contribution in [2.75, 3.05) is 0 Å². The van der Waals surface area contributed by atoms with Gasteiger partial charge < -0.3 is 0 Å². The molecule has 0 atom stereocenters. The molecule has 0 heterocycles. The fourth-order valence-corrected chi connectivity index (χ4v) is 1.69. The maximum Gasteiger partial charge on any atom is 0.419 e. The third-order valence-electron chi connectivity index (χ3n) is 2.45. The molecule has 5 heteroatoms. The predicted octanol–water partition coefficient (Wildman–Crippen LogP) is 5.16. The monoisotopic (exact) mass is 274 g/mol. The van der Waals surface area contributed by atoms with Gasteiger partial charge in [0.2, 0.25) is 0 Å². The SMILES string of the molecule is Fc1ccc(-c2ccc(Cl)cc2)cc1C(F)(F)F. The summed E-state index contributed by atoms with van der Waals surface area (Å²) in [6, 6.07) is 9.19. The van der Waals surface area contributed by atoms with E-state index in [-0.39, 0.29) is 0 Å². The molecule has 0 fully saturated rings. The van der Waals surface area contributed by atoms with Gasteiger partial charge in [0.05, 0.1) is 5.56 Å². The molecular weight excluding hydrogens is 268 g/mol. The minimum Gasteiger partial charge on any atom is -0.206 e. The Bertz CT molecular complexity index is 558. The molecule has 0 nitrogen and oxygen atoms in total. The van der Waals surface area contributed by atoms with Gasteiger partial charge >= 0.3 is 6.18 Å². The van der Waals surface area contributed by atoms with Gasteiger partial charge in [-0.15, -0.1) is 0 Å². The Labute approximate surface area is 106 Å². The van der Waals surface area contributed by atoms with E-state index in [9.17, 15) is 17.6 Å². The molecule has 2 aromatic carbocycles. The summed E-state index contributed by atoms with van der Waals surface area (Å²) in [4.78, 5) is 0. The lowest BCUT2D eigenvalue weighted by molar-refractivity contribution is -0.139. The smallest absolute Gasteiger partial charge is 0.206 e. The molecule has 0 radical (unpaired) electrons. The summed E-state index contributed by atoms with van der Waals surface area (Å²) in [5, 5.41) is 0.483. The zero-order valence-electron chi connectivity index (χ0n) is 8.93. The molecule has 0 aromatic heterocycles. The van der Waals surface area contributed by atoms with Gasteiger partial charge in [0.25, 0.3) is 0 Å². The van der Waals surface area contributed by atoms with Crippen LogP contribution in [0.15, 0.2) is 42.5 Å². The van der Waals surface area contributed by atoms with Crippen LogP contribution in [0.2, 0.25) is 5.02 Å². The fourth-order valence-electron chi connectivity index (χ4n) is 1.56. The van der Waals surface area contributed by atoms with Crippen molar-refractivity contribution in [1.29, 1.82) is 0 Å². The lowest BCUT2D eigenvalue weighted by Gasteiger charge is -2.10. The van der Waals surface area contributed by atoms with E-state index in [1.165, 1.54) is 6.07 Å². The number of hydrogen-bond donors (Lipinski definition) is 0. The zero-order valence-corrected chi connectivity index (χ0v) is 9.69. The van der Waals surface area contributed by atoms with Crippen molar-refractivity contribution in [3.05, 3.63) is 58.9 Å². The van der Waals surface area contributed by atoms with Crippen molar-refractivity contribution in [1.82, 2.24) is 0 Å². The van der Waals surface area contributed by atoms with Crippen LogP contribution in [0.5, 0.6) is 0 Å². The fraction of sp³-hybridized carbons (Fsp3) is 0.0769. The number of benzene rings is 2. The second kappa shape index (κ2) is 4.61. The summed E-state index contributed by atoms with van der Waals surface area (Å²) in [6.45, 7) is 0. The molecule has 0 aliphatic carbocycles. The molecule has 0 N–H and O–H groups in total. The van der Waals surface area contributed by atoms with Gasteiger partial charge in [0.1, 0.15) is 5.82 Å². The van der Waals surface area contributed by atoms with Crippen molar-refractivity contribution in [2.24, 2.45) is 0 Å². The molecule has 0 unspecified atom stereocenters. The largest absolute Gasteiger partial charge is 0.419 e. The molecule has 0 saturated heterocycles. The van der Waals surface area contributed by atoms with Gasteiger partial charge in [-0.3, -0.25) is 0 Å².